The fourth-order valence-electron chi connectivity index (χ4n) is 2.70. The Morgan fingerprint density at radius 3 is 2.35 bits per heavy atom. The van der Waals surface area contributed by atoms with Gasteiger partial charge in [0.25, 0.3) is 0 Å². The molecule has 2 atom stereocenters. The van der Waals surface area contributed by atoms with E-state index in [1.54, 1.807) is 4.90 Å². The number of carbonyl (C=O) groups is 1. The first-order valence-corrected chi connectivity index (χ1v) is 6.80. The Morgan fingerprint density at radius 1 is 1.00 bits per heavy atom. The Kier molecular flexibility index (Phi) is 3.07. The highest BCUT2D eigenvalue weighted by atomic mass is 16.2. The molecule has 3 rings (SSSR count). The monoisotopic (exact) mass is 266 g/mol. The van der Waals surface area contributed by atoms with Crippen molar-refractivity contribution in [3.63, 3.8) is 0 Å². The number of benzene rings is 2. The largest absolute Gasteiger partial charge is 0.318 e. The Morgan fingerprint density at radius 2 is 1.70 bits per heavy atom. The van der Waals surface area contributed by atoms with E-state index in [9.17, 15) is 4.79 Å². The standard InChI is InChI=1S/C17H18N2O/c1-11-6-8-13(9-7-11)16-15(18)17(20)19(16)14-5-3-4-12(2)10-14/h3-10,15-16H,18H2,1-2H3. The Bertz CT molecular complexity index is 648. The van der Waals surface area contributed by atoms with Crippen molar-refractivity contribution < 1.29 is 4.79 Å². The molecule has 20 heavy (non-hydrogen) atoms. The second-order valence-corrected chi connectivity index (χ2v) is 5.43. The first kappa shape index (κ1) is 12.9. The molecule has 0 aliphatic carbocycles. The molecule has 102 valence electrons. The Balaban J connectivity index is 1.97. The van der Waals surface area contributed by atoms with Crippen LogP contribution in [0.1, 0.15) is 22.7 Å². The molecule has 1 fully saturated rings. The Labute approximate surface area is 119 Å². The van der Waals surface area contributed by atoms with Gasteiger partial charge in [0.2, 0.25) is 5.91 Å². The molecule has 2 N–H and O–H groups in total. The number of nitrogens with two attached hydrogens (primary N) is 1. The smallest absolute Gasteiger partial charge is 0.247 e. The average Bonchev–Trinajstić information content (AvgIpc) is 2.45. The lowest BCUT2D eigenvalue weighted by Crippen LogP contribution is -2.63. The van der Waals surface area contributed by atoms with Crippen LogP contribution in [0.2, 0.25) is 0 Å². The lowest BCUT2D eigenvalue weighted by atomic mass is 9.88. The van der Waals surface area contributed by atoms with E-state index >= 15 is 0 Å². The van der Waals surface area contributed by atoms with Gasteiger partial charge in [-0.15, -0.1) is 0 Å². The van der Waals surface area contributed by atoms with Crippen LogP contribution in [0.4, 0.5) is 5.69 Å². The maximum Gasteiger partial charge on any atom is 0.247 e. The number of carbonyl (C=O) groups excluding carboxylic acids is 1. The Hall–Kier alpha value is -2.13. The summed E-state index contributed by atoms with van der Waals surface area (Å²) in [5, 5.41) is 0. The van der Waals surface area contributed by atoms with Crippen LogP contribution in [0.25, 0.3) is 0 Å². The summed E-state index contributed by atoms with van der Waals surface area (Å²) in [7, 11) is 0. The first-order valence-electron chi connectivity index (χ1n) is 6.80. The zero-order valence-electron chi connectivity index (χ0n) is 11.7. The molecule has 1 aliphatic rings. The number of rotatable bonds is 2. The highest BCUT2D eigenvalue weighted by Gasteiger charge is 2.46. The molecule has 0 saturated carbocycles. The van der Waals surface area contributed by atoms with Crippen molar-refractivity contribution in [1.29, 1.82) is 0 Å². The lowest BCUT2D eigenvalue weighted by Gasteiger charge is -2.45. The minimum Gasteiger partial charge on any atom is -0.318 e. The molecule has 0 radical (unpaired) electrons. The van der Waals surface area contributed by atoms with Gasteiger partial charge in [-0.3, -0.25) is 4.79 Å². The van der Waals surface area contributed by atoms with E-state index < -0.39 is 6.04 Å². The third-order valence-corrected chi connectivity index (χ3v) is 3.84. The maximum absolute atomic E-state index is 12.1. The molecule has 1 amide bonds. The summed E-state index contributed by atoms with van der Waals surface area (Å²) >= 11 is 0. The maximum atomic E-state index is 12.1. The van der Waals surface area contributed by atoms with Crippen molar-refractivity contribution in [2.24, 2.45) is 5.73 Å². The lowest BCUT2D eigenvalue weighted by molar-refractivity contribution is -0.126. The predicted octanol–water partition coefficient (Wildman–Crippen LogP) is 2.72. The minimum absolute atomic E-state index is 0.0128. The van der Waals surface area contributed by atoms with E-state index in [0.717, 1.165) is 16.8 Å². The third-order valence-electron chi connectivity index (χ3n) is 3.84. The van der Waals surface area contributed by atoms with Gasteiger partial charge in [-0.05, 0) is 37.1 Å². The highest BCUT2D eigenvalue weighted by Crippen LogP contribution is 2.38. The molecule has 2 aromatic rings. The third kappa shape index (κ3) is 2.00. The normalized spacial score (nSPS) is 21.8. The van der Waals surface area contributed by atoms with Crippen LogP contribution in [0.3, 0.4) is 0 Å². The minimum atomic E-state index is -0.446. The van der Waals surface area contributed by atoms with Crippen LogP contribution in [0.15, 0.2) is 48.5 Å². The van der Waals surface area contributed by atoms with E-state index in [0.29, 0.717) is 0 Å². The molecule has 1 aliphatic heterocycles. The van der Waals surface area contributed by atoms with E-state index in [4.69, 9.17) is 5.73 Å². The summed E-state index contributed by atoms with van der Waals surface area (Å²) in [5.41, 5.74) is 10.4. The zero-order valence-corrected chi connectivity index (χ0v) is 11.7. The van der Waals surface area contributed by atoms with Crippen LogP contribution in [-0.4, -0.2) is 11.9 Å². The molecular weight excluding hydrogens is 248 g/mol. The summed E-state index contributed by atoms with van der Waals surface area (Å²) in [5.74, 6) is -0.0128. The molecule has 0 spiro atoms. The SMILES string of the molecule is Cc1ccc(C2C(N)C(=O)N2c2cccc(C)c2)cc1. The quantitative estimate of drug-likeness (QED) is 0.849. The van der Waals surface area contributed by atoms with Crippen LogP contribution in [0.5, 0.6) is 0 Å². The van der Waals surface area contributed by atoms with Crippen LogP contribution in [0, 0.1) is 13.8 Å². The second kappa shape index (κ2) is 4.76. The number of hydrogen-bond acceptors (Lipinski definition) is 2. The molecule has 0 aromatic heterocycles. The molecule has 0 bridgehead atoms. The van der Waals surface area contributed by atoms with Crippen molar-refractivity contribution in [3.8, 4) is 0 Å². The molecule has 2 aromatic carbocycles. The van der Waals surface area contributed by atoms with Gasteiger partial charge in [-0.25, -0.2) is 0 Å². The van der Waals surface area contributed by atoms with Gasteiger partial charge in [0, 0.05) is 5.69 Å². The number of hydrogen-bond donors (Lipinski definition) is 1. The van der Waals surface area contributed by atoms with Crippen molar-refractivity contribution in [2.75, 3.05) is 4.90 Å². The van der Waals surface area contributed by atoms with Crippen LogP contribution in [-0.2, 0) is 4.79 Å². The van der Waals surface area contributed by atoms with Crippen molar-refractivity contribution >= 4 is 11.6 Å². The number of aryl methyl sites for hydroxylation is 2. The van der Waals surface area contributed by atoms with Gasteiger partial charge in [0.1, 0.15) is 6.04 Å². The fourth-order valence-corrected chi connectivity index (χ4v) is 2.70. The van der Waals surface area contributed by atoms with Gasteiger partial charge in [0.15, 0.2) is 0 Å². The zero-order chi connectivity index (χ0) is 14.3. The summed E-state index contributed by atoms with van der Waals surface area (Å²) in [6.07, 6.45) is 0. The number of amides is 1. The highest BCUT2D eigenvalue weighted by molar-refractivity contribution is 6.05. The molecule has 3 heteroatoms. The van der Waals surface area contributed by atoms with E-state index in [2.05, 4.69) is 24.3 Å². The number of nitrogens with zero attached hydrogens (tertiary/aromatic N) is 1. The van der Waals surface area contributed by atoms with Crippen LogP contribution < -0.4 is 10.6 Å². The molecule has 3 nitrogen and oxygen atoms in total. The van der Waals surface area contributed by atoms with Gasteiger partial charge >= 0.3 is 0 Å². The summed E-state index contributed by atoms with van der Waals surface area (Å²) in [6.45, 7) is 4.07. The molecule has 1 heterocycles. The van der Waals surface area contributed by atoms with Gasteiger partial charge < -0.3 is 10.6 Å². The van der Waals surface area contributed by atoms with Crippen molar-refractivity contribution in [3.05, 3.63) is 65.2 Å². The summed E-state index contributed by atoms with van der Waals surface area (Å²) in [4.78, 5) is 13.9. The molecule has 1 saturated heterocycles. The molecule has 2 unspecified atom stereocenters. The van der Waals surface area contributed by atoms with Crippen molar-refractivity contribution in [2.45, 2.75) is 25.9 Å². The molecular formula is C17H18N2O. The fraction of sp³-hybridized carbons (Fsp3) is 0.235. The van der Waals surface area contributed by atoms with Gasteiger partial charge in [-0.2, -0.15) is 0 Å². The summed E-state index contributed by atoms with van der Waals surface area (Å²) in [6, 6.07) is 15.7. The van der Waals surface area contributed by atoms with Gasteiger partial charge in [0.05, 0.1) is 6.04 Å². The first-order chi connectivity index (χ1) is 9.58. The van der Waals surface area contributed by atoms with E-state index in [1.807, 2.05) is 38.1 Å². The number of β-lactam (4-membered cyclic amide) rings is 1. The van der Waals surface area contributed by atoms with E-state index in [1.165, 1.54) is 5.56 Å². The predicted molar refractivity (Wildman–Crippen MR) is 80.6 cm³/mol. The van der Waals surface area contributed by atoms with Crippen LogP contribution >= 0.6 is 0 Å². The average molecular weight is 266 g/mol. The topological polar surface area (TPSA) is 46.3 Å². The summed E-state index contributed by atoms with van der Waals surface area (Å²) < 4.78 is 0. The number of anilines is 1. The van der Waals surface area contributed by atoms with Gasteiger partial charge in [-0.1, -0.05) is 42.0 Å². The van der Waals surface area contributed by atoms with E-state index in [-0.39, 0.29) is 11.9 Å². The second-order valence-electron chi connectivity index (χ2n) is 5.43. The van der Waals surface area contributed by atoms with Crippen molar-refractivity contribution in [1.82, 2.24) is 0 Å².